The van der Waals surface area contributed by atoms with Crippen molar-refractivity contribution in [2.24, 2.45) is 0 Å². The largest absolute Gasteiger partial charge is 0.465 e. The molecule has 204 valence electrons. The van der Waals surface area contributed by atoms with E-state index >= 15 is 0 Å². The maximum atomic E-state index is 12.3. The number of halogens is 1. The number of fused-ring (bicyclic) bond motifs is 1. The summed E-state index contributed by atoms with van der Waals surface area (Å²) in [7, 11) is 0. The maximum Gasteiger partial charge on any atom is 0.199 e. The van der Waals surface area contributed by atoms with Crippen molar-refractivity contribution in [1.29, 1.82) is 0 Å². The standard InChI is InChI=1S/C32H33IO6/c1-32(34)26-20-25(38-29-10-3-5-18-36-29)15-16-27(26)39-31(21-11-13-23(33)14-12-21)30(32)22-7-6-8-24(19-22)37-28-9-2-4-17-35-28/h6-8,11-16,19-20,28-29,34H,2-5,9-10,17-18H2,1H3. The first kappa shape index (κ1) is 26.6. The van der Waals surface area contributed by atoms with Crippen LogP contribution in [0.1, 0.15) is 62.1 Å². The summed E-state index contributed by atoms with van der Waals surface area (Å²) < 4.78 is 31.6. The molecule has 7 heteroatoms. The summed E-state index contributed by atoms with van der Waals surface area (Å²) in [6.07, 6.45) is 5.45. The summed E-state index contributed by atoms with van der Waals surface area (Å²) >= 11 is 2.29. The van der Waals surface area contributed by atoms with Crippen molar-refractivity contribution in [2.45, 2.75) is 63.6 Å². The normalized spacial score (nSPS) is 25.0. The number of rotatable bonds is 6. The zero-order valence-corrected chi connectivity index (χ0v) is 24.2. The summed E-state index contributed by atoms with van der Waals surface area (Å²) in [5.74, 6) is 2.55. The van der Waals surface area contributed by atoms with Crippen LogP contribution in [0.5, 0.6) is 17.2 Å². The highest BCUT2D eigenvalue weighted by Gasteiger charge is 2.40. The molecule has 0 bridgehead atoms. The van der Waals surface area contributed by atoms with Gasteiger partial charge in [-0.1, -0.05) is 24.3 Å². The van der Waals surface area contributed by atoms with E-state index in [1.807, 2.05) is 73.7 Å². The predicted molar refractivity (Wildman–Crippen MR) is 157 cm³/mol. The Morgan fingerprint density at radius 2 is 1.46 bits per heavy atom. The van der Waals surface area contributed by atoms with Crippen LogP contribution in [-0.4, -0.2) is 30.9 Å². The number of hydrogen-bond acceptors (Lipinski definition) is 6. The van der Waals surface area contributed by atoms with Crippen LogP contribution in [-0.2, 0) is 15.1 Å². The van der Waals surface area contributed by atoms with Gasteiger partial charge >= 0.3 is 0 Å². The smallest absolute Gasteiger partial charge is 0.199 e. The van der Waals surface area contributed by atoms with Gasteiger partial charge in [0.1, 0.15) is 28.6 Å². The molecular formula is C32H33IO6. The van der Waals surface area contributed by atoms with Gasteiger partial charge in [-0.15, -0.1) is 0 Å². The lowest BCUT2D eigenvalue weighted by molar-refractivity contribution is -0.106. The topological polar surface area (TPSA) is 66.4 Å². The molecule has 3 heterocycles. The highest BCUT2D eigenvalue weighted by molar-refractivity contribution is 14.1. The lowest BCUT2D eigenvalue weighted by atomic mass is 9.79. The van der Waals surface area contributed by atoms with E-state index in [9.17, 15) is 5.11 Å². The van der Waals surface area contributed by atoms with Gasteiger partial charge in [0.25, 0.3) is 0 Å². The molecule has 6 nitrogen and oxygen atoms in total. The lowest BCUT2D eigenvalue weighted by Crippen LogP contribution is -2.30. The molecule has 1 N–H and O–H groups in total. The van der Waals surface area contributed by atoms with E-state index < -0.39 is 5.60 Å². The van der Waals surface area contributed by atoms with Crippen LogP contribution in [0, 0.1) is 3.57 Å². The molecule has 3 atom stereocenters. The minimum Gasteiger partial charge on any atom is -0.465 e. The molecule has 3 aromatic rings. The third-order valence-corrected chi connectivity index (χ3v) is 8.16. The van der Waals surface area contributed by atoms with Gasteiger partial charge in [-0.05, 0) is 103 Å². The molecule has 0 aromatic heterocycles. The fourth-order valence-electron chi connectivity index (χ4n) is 5.42. The molecule has 0 saturated carbocycles. The first-order chi connectivity index (χ1) is 19.0. The average molecular weight is 641 g/mol. The van der Waals surface area contributed by atoms with Crippen LogP contribution >= 0.6 is 22.6 Å². The number of aliphatic hydroxyl groups is 1. The molecule has 3 aromatic carbocycles. The highest BCUT2D eigenvalue weighted by atomic mass is 127. The van der Waals surface area contributed by atoms with Crippen LogP contribution in [0.2, 0.25) is 0 Å². The van der Waals surface area contributed by atoms with E-state index in [2.05, 4.69) is 22.6 Å². The summed E-state index contributed by atoms with van der Waals surface area (Å²) in [4.78, 5) is 0. The Balaban J connectivity index is 1.40. The van der Waals surface area contributed by atoms with Gasteiger partial charge in [-0.3, -0.25) is 0 Å². The zero-order chi connectivity index (χ0) is 26.8. The summed E-state index contributed by atoms with van der Waals surface area (Å²) in [6, 6.07) is 21.5. The fourth-order valence-corrected chi connectivity index (χ4v) is 5.78. The quantitative estimate of drug-likeness (QED) is 0.286. The Bertz CT molecular complexity index is 1340. The van der Waals surface area contributed by atoms with Crippen molar-refractivity contribution in [1.82, 2.24) is 0 Å². The second-order valence-corrected chi connectivity index (χ2v) is 11.6. The Morgan fingerprint density at radius 1 is 0.795 bits per heavy atom. The first-order valence-electron chi connectivity index (χ1n) is 13.7. The Hall–Kier alpha value is -2.59. The predicted octanol–water partition coefficient (Wildman–Crippen LogP) is 7.27. The molecule has 0 radical (unpaired) electrons. The molecule has 3 aliphatic heterocycles. The molecule has 0 aliphatic carbocycles. The zero-order valence-electron chi connectivity index (χ0n) is 22.0. The minimum atomic E-state index is -1.38. The van der Waals surface area contributed by atoms with Crippen molar-refractivity contribution >= 4 is 33.9 Å². The number of ether oxygens (including phenoxy) is 5. The van der Waals surface area contributed by atoms with E-state index in [-0.39, 0.29) is 12.6 Å². The highest BCUT2D eigenvalue weighted by Crippen LogP contribution is 2.50. The van der Waals surface area contributed by atoms with E-state index in [1.54, 1.807) is 0 Å². The molecule has 2 fully saturated rings. The second-order valence-electron chi connectivity index (χ2n) is 10.4. The monoisotopic (exact) mass is 640 g/mol. The Labute approximate surface area is 243 Å². The van der Waals surface area contributed by atoms with Crippen molar-refractivity contribution in [3.8, 4) is 17.2 Å². The van der Waals surface area contributed by atoms with Gasteiger partial charge < -0.3 is 28.8 Å². The van der Waals surface area contributed by atoms with E-state index in [0.29, 0.717) is 47.4 Å². The summed E-state index contributed by atoms with van der Waals surface area (Å²) in [5, 5.41) is 12.3. The van der Waals surface area contributed by atoms with Crippen LogP contribution in [0.3, 0.4) is 0 Å². The van der Waals surface area contributed by atoms with E-state index in [4.69, 9.17) is 23.7 Å². The van der Waals surface area contributed by atoms with Gasteiger partial charge in [-0.25, -0.2) is 0 Å². The fraction of sp³-hybridized carbons (Fsp3) is 0.375. The molecule has 0 amide bonds. The number of hydrogen-bond donors (Lipinski definition) is 1. The summed E-state index contributed by atoms with van der Waals surface area (Å²) in [6.45, 7) is 3.23. The van der Waals surface area contributed by atoms with Gasteiger partial charge in [0, 0.05) is 33.1 Å². The second kappa shape index (κ2) is 11.5. The molecule has 39 heavy (non-hydrogen) atoms. The van der Waals surface area contributed by atoms with Gasteiger partial charge in [0.05, 0.1) is 13.2 Å². The third kappa shape index (κ3) is 5.82. The SMILES string of the molecule is CC1(O)C(c2cccc(OC3CCCCO3)c2)=C(c2ccc(I)cc2)Oc2ccc(OC3CCCCO3)cc21. The molecule has 3 aliphatic rings. The maximum absolute atomic E-state index is 12.3. The van der Waals surface area contributed by atoms with E-state index in [0.717, 1.165) is 53.2 Å². The van der Waals surface area contributed by atoms with Gasteiger partial charge in [-0.2, -0.15) is 0 Å². The van der Waals surface area contributed by atoms with Crippen LogP contribution in [0.25, 0.3) is 11.3 Å². The van der Waals surface area contributed by atoms with E-state index in [1.165, 1.54) is 0 Å². The molecule has 2 saturated heterocycles. The first-order valence-corrected chi connectivity index (χ1v) is 14.8. The van der Waals surface area contributed by atoms with Crippen LogP contribution in [0.4, 0.5) is 0 Å². The van der Waals surface area contributed by atoms with Crippen LogP contribution in [0.15, 0.2) is 66.7 Å². The lowest BCUT2D eigenvalue weighted by Gasteiger charge is -2.36. The third-order valence-electron chi connectivity index (χ3n) is 7.44. The average Bonchev–Trinajstić information content (AvgIpc) is 2.95. The van der Waals surface area contributed by atoms with Crippen molar-refractivity contribution in [3.63, 3.8) is 0 Å². The molecule has 6 rings (SSSR count). The van der Waals surface area contributed by atoms with Crippen molar-refractivity contribution in [2.75, 3.05) is 13.2 Å². The number of benzene rings is 3. The van der Waals surface area contributed by atoms with Crippen LogP contribution < -0.4 is 14.2 Å². The molecular weight excluding hydrogens is 607 g/mol. The van der Waals surface area contributed by atoms with Crippen molar-refractivity contribution in [3.05, 3.63) is 87.0 Å². The van der Waals surface area contributed by atoms with Gasteiger partial charge in [0.15, 0.2) is 12.6 Å². The van der Waals surface area contributed by atoms with Gasteiger partial charge in [0.2, 0.25) is 0 Å². The Morgan fingerprint density at radius 3 is 2.10 bits per heavy atom. The Kier molecular flexibility index (Phi) is 7.84. The molecule has 3 unspecified atom stereocenters. The molecule has 0 spiro atoms. The summed E-state index contributed by atoms with van der Waals surface area (Å²) in [5.41, 5.74) is 1.63. The minimum absolute atomic E-state index is 0.260. The van der Waals surface area contributed by atoms with Crippen molar-refractivity contribution < 1.29 is 28.8 Å².